The van der Waals surface area contributed by atoms with Crippen molar-refractivity contribution in [2.75, 3.05) is 11.1 Å². The SMILES string of the molecule is CCSc1nnc2c(n1)OC(c1ccccc1Cl)Nc1ccc(Br)cc1-2. The number of anilines is 1. The van der Waals surface area contributed by atoms with Gasteiger partial charge in [0.1, 0.15) is 0 Å². The topological polar surface area (TPSA) is 59.9 Å². The lowest BCUT2D eigenvalue weighted by molar-refractivity contribution is 0.225. The standard InChI is InChI=1S/C18H14BrClN4OS/c1-2-26-18-22-17-15(23-24-18)12-9-10(19)7-8-14(12)21-16(25-17)11-5-3-4-6-13(11)20/h3-9,16,21H,2H2,1H3. The van der Waals surface area contributed by atoms with E-state index in [9.17, 15) is 0 Å². The van der Waals surface area contributed by atoms with Gasteiger partial charge >= 0.3 is 0 Å². The van der Waals surface area contributed by atoms with Crippen LogP contribution in [0.15, 0.2) is 52.1 Å². The molecule has 0 bridgehead atoms. The minimum Gasteiger partial charge on any atom is -0.448 e. The van der Waals surface area contributed by atoms with Crippen LogP contribution < -0.4 is 10.1 Å². The smallest absolute Gasteiger partial charge is 0.247 e. The van der Waals surface area contributed by atoms with E-state index in [0.29, 0.717) is 21.8 Å². The highest BCUT2D eigenvalue weighted by molar-refractivity contribution is 9.10. The molecule has 0 saturated heterocycles. The Kier molecular flexibility index (Phi) is 5.02. The second-order valence-corrected chi connectivity index (χ2v) is 8.09. The van der Waals surface area contributed by atoms with Crippen LogP contribution >= 0.6 is 39.3 Å². The van der Waals surface area contributed by atoms with Crippen LogP contribution in [-0.2, 0) is 0 Å². The summed E-state index contributed by atoms with van der Waals surface area (Å²) in [6.45, 7) is 2.04. The molecule has 1 N–H and O–H groups in total. The Morgan fingerprint density at radius 1 is 1.23 bits per heavy atom. The summed E-state index contributed by atoms with van der Waals surface area (Å²) < 4.78 is 7.13. The normalized spacial score (nSPS) is 15.3. The first-order valence-electron chi connectivity index (χ1n) is 8.00. The summed E-state index contributed by atoms with van der Waals surface area (Å²) in [4.78, 5) is 4.57. The van der Waals surface area contributed by atoms with Crippen molar-refractivity contribution in [3.63, 3.8) is 0 Å². The Labute approximate surface area is 168 Å². The number of rotatable bonds is 3. The van der Waals surface area contributed by atoms with E-state index in [1.54, 1.807) is 0 Å². The van der Waals surface area contributed by atoms with E-state index in [2.05, 4.69) is 36.4 Å². The molecule has 1 aromatic heterocycles. The number of benzene rings is 2. The van der Waals surface area contributed by atoms with Crippen LogP contribution in [0.2, 0.25) is 5.02 Å². The average molecular weight is 450 g/mol. The van der Waals surface area contributed by atoms with Crippen LogP contribution in [-0.4, -0.2) is 20.9 Å². The second kappa shape index (κ2) is 7.42. The minimum atomic E-state index is -0.485. The van der Waals surface area contributed by atoms with Gasteiger partial charge in [0.15, 0.2) is 11.9 Å². The van der Waals surface area contributed by atoms with Gasteiger partial charge in [-0.2, -0.15) is 4.98 Å². The maximum Gasteiger partial charge on any atom is 0.247 e. The average Bonchev–Trinajstić information content (AvgIpc) is 2.78. The first-order valence-corrected chi connectivity index (χ1v) is 10.2. The molecule has 1 aliphatic rings. The molecule has 132 valence electrons. The Bertz CT molecular complexity index is 972. The third-order valence-electron chi connectivity index (χ3n) is 3.85. The maximum absolute atomic E-state index is 6.39. The van der Waals surface area contributed by atoms with E-state index < -0.39 is 6.23 Å². The molecule has 5 nitrogen and oxygen atoms in total. The van der Waals surface area contributed by atoms with Gasteiger partial charge in [-0.25, -0.2) is 0 Å². The number of hydrogen-bond acceptors (Lipinski definition) is 6. The molecule has 0 fully saturated rings. The monoisotopic (exact) mass is 448 g/mol. The fraction of sp³-hybridized carbons (Fsp3) is 0.167. The molecule has 2 aromatic carbocycles. The zero-order valence-corrected chi connectivity index (χ0v) is 16.9. The highest BCUT2D eigenvalue weighted by atomic mass is 79.9. The summed E-state index contributed by atoms with van der Waals surface area (Å²) in [5, 5.41) is 13.2. The van der Waals surface area contributed by atoms with E-state index in [1.165, 1.54) is 11.8 Å². The molecule has 4 rings (SSSR count). The van der Waals surface area contributed by atoms with E-state index in [0.717, 1.165) is 27.0 Å². The summed E-state index contributed by atoms with van der Waals surface area (Å²) in [6, 6.07) is 13.5. The largest absolute Gasteiger partial charge is 0.448 e. The molecule has 0 radical (unpaired) electrons. The number of hydrogen-bond donors (Lipinski definition) is 1. The molecule has 8 heteroatoms. The van der Waals surface area contributed by atoms with Crippen molar-refractivity contribution in [1.82, 2.24) is 15.2 Å². The van der Waals surface area contributed by atoms with E-state index in [4.69, 9.17) is 16.3 Å². The third-order valence-corrected chi connectivity index (χ3v) is 5.41. The molecule has 0 amide bonds. The zero-order chi connectivity index (χ0) is 18.1. The number of halogens is 2. The van der Waals surface area contributed by atoms with Crippen LogP contribution in [0.3, 0.4) is 0 Å². The number of aromatic nitrogens is 3. The number of ether oxygens (including phenoxy) is 1. The minimum absolute atomic E-state index is 0.435. The van der Waals surface area contributed by atoms with Crippen LogP contribution in [0.25, 0.3) is 11.3 Å². The molecule has 0 spiro atoms. The Morgan fingerprint density at radius 3 is 2.88 bits per heavy atom. The fourth-order valence-corrected chi connectivity index (χ4v) is 3.79. The van der Waals surface area contributed by atoms with Gasteiger partial charge in [0, 0.05) is 26.3 Å². The van der Waals surface area contributed by atoms with Gasteiger partial charge in [0.05, 0.1) is 0 Å². The summed E-state index contributed by atoms with van der Waals surface area (Å²) >= 11 is 11.4. The second-order valence-electron chi connectivity index (χ2n) is 5.53. The molecule has 1 unspecified atom stereocenters. The molecule has 0 aliphatic carbocycles. The van der Waals surface area contributed by atoms with E-state index in [-0.39, 0.29) is 0 Å². The molecular weight excluding hydrogens is 436 g/mol. The Balaban J connectivity index is 1.87. The Hall–Kier alpha value is -1.83. The van der Waals surface area contributed by atoms with Crippen molar-refractivity contribution in [3.05, 3.63) is 57.5 Å². The summed E-state index contributed by atoms with van der Waals surface area (Å²) in [5.74, 6) is 1.29. The highest BCUT2D eigenvalue weighted by Gasteiger charge is 2.27. The molecule has 26 heavy (non-hydrogen) atoms. The third kappa shape index (κ3) is 3.39. The van der Waals surface area contributed by atoms with Gasteiger partial charge in [0.25, 0.3) is 0 Å². The van der Waals surface area contributed by atoms with Gasteiger partial charge < -0.3 is 10.1 Å². The Morgan fingerprint density at radius 2 is 2.08 bits per heavy atom. The first kappa shape index (κ1) is 17.6. The number of nitrogens with one attached hydrogen (secondary N) is 1. The van der Waals surface area contributed by atoms with Crippen molar-refractivity contribution < 1.29 is 4.74 Å². The van der Waals surface area contributed by atoms with E-state index in [1.807, 2.05) is 49.4 Å². The maximum atomic E-state index is 6.39. The molecule has 0 saturated carbocycles. The zero-order valence-electron chi connectivity index (χ0n) is 13.7. The van der Waals surface area contributed by atoms with Crippen molar-refractivity contribution in [2.45, 2.75) is 18.3 Å². The van der Waals surface area contributed by atoms with E-state index >= 15 is 0 Å². The van der Waals surface area contributed by atoms with Crippen molar-refractivity contribution in [2.24, 2.45) is 0 Å². The van der Waals surface area contributed by atoms with Crippen molar-refractivity contribution >= 4 is 45.0 Å². The first-order chi connectivity index (χ1) is 12.7. The summed E-state index contributed by atoms with van der Waals surface area (Å²) in [5.41, 5.74) is 3.18. The van der Waals surface area contributed by atoms with Crippen molar-refractivity contribution in [3.8, 4) is 17.1 Å². The lowest BCUT2D eigenvalue weighted by Crippen LogP contribution is -2.17. The van der Waals surface area contributed by atoms with Crippen molar-refractivity contribution in [1.29, 1.82) is 0 Å². The predicted octanol–water partition coefficient (Wildman–Crippen LogP) is 5.57. The highest BCUT2D eigenvalue weighted by Crippen LogP contribution is 2.41. The predicted molar refractivity (Wildman–Crippen MR) is 108 cm³/mol. The summed E-state index contributed by atoms with van der Waals surface area (Å²) in [6.07, 6.45) is -0.485. The molecule has 1 aliphatic heterocycles. The van der Waals surface area contributed by atoms with Crippen LogP contribution in [0.1, 0.15) is 18.7 Å². The van der Waals surface area contributed by atoms with Gasteiger partial charge in [-0.3, -0.25) is 0 Å². The van der Waals surface area contributed by atoms with Crippen LogP contribution in [0.4, 0.5) is 5.69 Å². The molecular formula is C18H14BrClN4OS. The quantitative estimate of drug-likeness (QED) is 0.528. The van der Waals surface area contributed by atoms with Crippen LogP contribution in [0.5, 0.6) is 5.88 Å². The van der Waals surface area contributed by atoms with Crippen LogP contribution in [0, 0.1) is 0 Å². The van der Waals surface area contributed by atoms with Gasteiger partial charge in [0.2, 0.25) is 11.0 Å². The number of fused-ring (bicyclic) bond motifs is 3. The van der Waals surface area contributed by atoms with Gasteiger partial charge in [-0.05, 0) is 30.0 Å². The number of thioether (sulfide) groups is 1. The molecule has 1 atom stereocenters. The number of nitrogens with zero attached hydrogens (tertiary/aromatic N) is 3. The molecule has 2 heterocycles. The fourth-order valence-electron chi connectivity index (χ4n) is 2.69. The van der Waals surface area contributed by atoms with Gasteiger partial charge in [-0.15, -0.1) is 10.2 Å². The lowest BCUT2D eigenvalue weighted by atomic mass is 10.1. The summed E-state index contributed by atoms with van der Waals surface area (Å²) in [7, 11) is 0. The molecule has 3 aromatic rings. The lowest BCUT2D eigenvalue weighted by Gasteiger charge is -2.20. The van der Waals surface area contributed by atoms with Gasteiger partial charge in [-0.1, -0.05) is 64.4 Å².